The summed E-state index contributed by atoms with van der Waals surface area (Å²) in [5.74, 6) is 0.554. The van der Waals surface area contributed by atoms with Crippen LogP contribution < -0.4 is 10.2 Å². The smallest absolute Gasteiger partial charge is 0.245 e. The van der Waals surface area contributed by atoms with Crippen molar-refractivity contribution in [1.82, 2.24) is 19.5 Å². The van der Waals surface area contributed by atoms with Crippen molar-refractivity contribution in [2.75, 3.05) is 43.4 Å². The third-order valence-corrected chi connectivity index (χ3v) is 6.05. The summed E-state index contributed by atoms with van der Waals surface area (Å²) in [6.07, 6.45) is 1.83. The number of anilines is 3. The molecule has 0 radical (unpaired) electrons. The molecule has 2 aromatic heterocycles. The quantitative estimate of drug-likeness (QED) is 0.499. The Labute approximate surface area is 187 Å². The van der Waals surface area contributed by atoms with Crippen LogP contribution >= 0.6 is 11.6 Å². The Morgan fingerprint density at radius 1 is 0.968 bits per heavy atom. The highest BCUT2D eigenvalue weighted by Crippen LogP contribution is 2.27. The van der Waals surface area contributed by atoms with Crippen molar-refractivity contribution in [3.8, 4) is 11.3 Å². The van der Waals surface area contributed by atoms with Gasteiger partial charge in [0, 0.05) is 48.1 Å². The van der Waals surface area contributed by atoms with Crippen LogP contribution in [0.5, 0.6) is 0 Å². The summed E-state index contributed by atoms with van der Waals surface area (Å²) < 4.78 is 1.90. The van der Waals surface area contributed by atoms with Crippen LogP contribution in [0.4, 0.5) is 17.3 Å². The number of hydrogen-bond donors (Lipinski definition) is 1. The van der Waals surface area contributed by atoms with Crippen LogP contribution in [-0.4, -0.2) is 52.7 Å². The maximum atomic E-state index is 6.18. The molecule has 5 rings (SSSR count). The second kappa shape index (κ2) is 8.21. The lowest BCUT2D eigenvalue weighted by molar-refractivity contribution is 0.312. The molecule has 31 heavy (non-hydrogen) atoms. The van der Waals surface area contributed by atoms with E-state index in [0.717, 1.165) is 48.6 Å². The number of likely N-dealkylation sites (N-methyl/N-ethyl adjacent to an activating group) is 1. The Hall–Kier alpha value is -3.09. The molecule has 0 saturated carbocycles. The average molecular weight is 433 g/mol. The standard InChI is InChI=1S/C24H25ClN6/c1-17-14-20(6-8-22(17)30-12-10-29(2)11-13-30)27-24-26-16-21-7-9-23(31(21)28-24)18-4-3-5-19(25)15-18/h3-9,14-16H,10-13H2,1-2H3,(H,27,28). The molecule has 0 amide bonds. The summed E-state index contributed by atoms with van der Waals surface area (Å²) in [6, 6.07) is 18.3. The third-order valence-electron chi connectivity index (χ3n) is 5.82. The van der Waals surface area contributed by atoms with E-state index in [2.05, 4.69) is 52.3 Å². The molecule has 6 nitrogen and oxygen atoms in total. The van der Waals surface area contributed by atoms with Gasteiger partial charge in [0.2, 0.25) is 5.95 Å². The van der Waals surface area contributed by atoms with Crippen molar-refractivity contribution < 1.29 is 0 Å². The van der Waals surface area contributed by atoms with Gasteiger partial charge in [0.15, 0.2) is 0 Å². The number of piperazine rings is 1. The number of rotatable bonds is 4. The highest BCUT2D eigenvalue weighted by molar-refractivity contribution is 6.30. The van der Waals surface area contributed by atoms with Crippen molar-refractivity contribution in [2.24, 2.45) is 0 Å². The highest BCUT2D eigenvalue weighted by atomic mass is 35.5. The second-order valence-corrected chi connectivity index (χ2v) is 8.50. The van der Waals surface area contributed by atoms with Crippen molar-refractivity contribution in [2.45, 2.75) is 6.92 Å². The zero-order valence-electron chi connectivity index (χ0n) is 17.7. The number of benzene rings is 2. The Balaban J connectivity index is 1.40. The zero-order chi connectivity index (χ0) is 21.4. The van der Waals surface area contributed by atoms with E-state index in [1.54, 1.807) is 0 Å². The summed E-state index contributed by atoms with van der Waals surface area (Å²) >= 11 is 6.18. The normalized spacial score (nSPS) is 14.9. The van der Waals surface area contributed by atoms with Gasteiger partial charge in [-0.1, -0.05) is 23.7 Å². The minimum Gasteiger partial charge on any atom is -0.369 e. The topological polar surface area (TPSA) is 48.7 Å². The van der Waals surface area contributed by atoms with Gasteiger partial charge >= 0.3 is 0 Å². The van der Waals surface area contributed by atoms with Gasteiger partial charge in [-0.3, -0.25) is 0 Å². The molecule has 158 valence electrons. The van der Waals surface area contributed by atoms with Crippen LogP contribution in [0.1, 0.15) is 5.56 Å². The molecule has 1 fully saturated rings. The first-order valence-corrected chi connectivity index (χ1v) is 10.9. The van der Waals surface area contributed by atoms with E-state index in [1.165, 1.54) is 11.3 Å². The maximum absolute atomic E-state index is 6.18. The fourth-order valence-electron chi connectivity index (χ4n) is 4.09. The van der Waals surface area contributed by atoms with E-state index in [9.17, 15) is 0 Å². The van der Waals surface area contributed by atoms with E-state index in [-0.39, 0.29) is 0 Å². The molecular weight excluding hydrogens is 408 g/mol. The van der Waals surface area contributed by atoms with Crippen LogP contribution in [0.3, 0.4) is 0 Å². The number of nitrogens with one attached hydrogen (secondary N) is 1. The van der Waals surface area contributed by atoms with Gasteiger partial charge in [0.05, 0.1) is 17.4 Å². The predicted octanol–water partition coefficient (Wildman–Crippen LogP) is 4.85. The Morgan fingerprint density at radius 2 is 1.81 bits per heavy atom. The summed E-state index contributed by atoms with van der Waals surface area (Å²) in [4.78, 5) is 9.32. The molecule has 3 heterocycles. The minimum absolute atomic E-state index is 0.554. The number of hydrogen-bond acceptors (Lipinski definition) is 5. The largest absolute Gasteiger partial charge is 0.369 e. The lowest BCUT2D eigenvalue weighted by Crippen LogP contribution is -2.44. The third kappa shape index (κ3) is 4.09. The molecule has 1 aliphatic rings. The number of aryl methyl sites for hydroxylation is 1. The summed E-state index contributed by atoms with van der Waals surface area (Å²) in [5.41, 5.74) is 6.45. The van der Waals surface area contributed by atoms with Crippen LogP contribution in [0.2, 0.25) is 5.02 Å². The molecule has 0 aliphatic carbocycles. The van der Waals surface area contributed by atoms with E-state index >= 15 is 0 Å². The second-order valence-electron chi connectivity index (χ2n) is 8.06. The lowest BCUT2D eigenvalue weighted by Gasteiger charge is -2.35. The summed E-state index contributed by atoms with van der Waals surface area (Å²) in [5, 5.41) is 8.78. The molecular formula is C24H25ClN6. The zero-order valence-corrected chi connectivity index (χ0v) is 18.5. The van der Waals surface area contributed by atoms with Crippen molar-refractivity contribution >= 4 is 34.4 Å². The SMILES string of the molecule is Cc1cc(Nc2ncc3ccc(-c4cccc(Cl)c4)n3n2)ccc1N1CCN(C)CC1. The van der Waals surface area contributed by atoms with E-state index in [1.807, 2.05) is 47.1 Å². The first kappa shape index (κ1) is 19.8. The van der Waals surface area contributed by atoms with E-state index < -0.39 is 0 Å². The van der Waals surface area contributed by atoms with Crippen molar-refractivity contribution in [3.05, 3.63) is 71.4 Å². The molecule has 1 saturated heterocycles. The molecule has 0 unspecified atom stereocenters. The van der Waals surface area contributed by atoms with Gasteiger partial charge in [-0.05, 0) is 62.0 Å². The number of fused-ring (bicyclic) bond motifs is 1. The minimum atomic E-state index is 0.554. The van der Waals surface area contributed by atoms with Crippen LogP contribution in [0.15, 0.2) is 60.8 Å². The van der Waals surface area contributed by atoms with Gasteiger partial charge < -0.3 is 15.1 Å². The van der Waals surface area contributed by atoms with Gasteiger partial charge in [-0.2, -0.15) is 0 Å². The Morgan fingerprint density at radius 3 is 2.58 bits per heavy atom. The molecule has 0 atom stereocenters. The number of halogens is 1. The Kier molecular flexibility index (Phi) is 5.26. The predicted molar refractivity (Wildman–Crippen MR) is 128 cm³/mol. The molecule has 4 aromatic rings. The highest BCUT2D eigenvalue weighted by Gasteiger charge is 2.16. The number of aromatic nitrogens is 3. The van der Waals surface area contributed by atoms with Gasteiger partial charge in [-0.25, -0.2) is 9.50 Å². The van der Waals surface area contributed by atoms with Gasteiger partial charge in [0.25, 0.3) is 0 Å². The molecule has 0 bridgehead atoms. The van der Waals surface area contributed by atoms with Crippen molar-refractivity contribution in [1.29, 1.82) is 0 Å². The lowest BCUT2D eigenvalue weighted by atomic mass is 10.1. The summed E-state index contributed by atoms with van der Waals surface area (Å²) in [7, 11) is 2.18. The monoisotopic (exact) mass is 432 g/mol. The van der Waals surface area contributed by atoms with Gasteiger partial charge in [0.1, 0.15) is 0 Å². The van der Waals surface area contributed by atoms with Crippen LogP contribution in [-0.2, 0) is 0 Å². The first-order chi connectivity index (χ1) is 15.1. The van der Waals surface area contributed by atoms with E-state index in [4.69, 9.17) is 16.7 Å². The van der Waals surface area contributed by atoms with Crippen LogP contribution in [0, 0.1) is 6.92 Å². The Bertz CT molecular complexity index is 1230. The summed E-state index contributed by atoms with van der Waals surface area (Å²) in [6.45, 7) is 6.47. The molecule has 7 heteroatoms. The molecule has 0 spiro atoms. The molecule has 2 aromatic carbocycles. The maximum Gasteiger partial charge on any atom is 0.245 e. The van der Waals surface area contributed by atoms with Crippen molar-refractivity contribution in [3.63, 3.8) is 0 Å². The first-order valence-electron chi connectivity index (χ1n) is 10.5. The average Bonchev–Trinajstić information content (AvgIpc) is 3.18. The van der Waals surface area contributed by atoms with Crippen LogP contribution in [0.25, 0.3) is 16.8 Å². The molecule has 1 N–H and O–H groups in total. The fraction of sp³-hybridized carbons (Fsp3) is 0.250. The fourth-order valence-corrected chi connectivity index (χ4v) is 4.28. The molecule has 1 aliphatic heterocycles. The van der Waals surface area contributed by atoms with Gasteiger partial charge in [-0.15, -0.1) is 5.10 Å². The van der Waals surface area contributed by atoms with E-state index in [0.29, 0.717) is 11.0 Å². The number of nitrogens with zero attached hydrogens (tertiary/aromatic N) is 5.